The Labute approximate surface area is 322 Å². The van der Waals surface area contributed by atoms with Crippen LogP contribution in [0.1, 0.15) is 181 Å². The number of hydrogen-bond donors (Lipinski definition) is 3. The number of hydrogen-bond acceptors (Lipinski definition) is 9. The lowest BCUT2D eigenvalue weighted by atomic mass is 10.1. The van der Waals surface area contributed by atoms with Crippen LogP contribution in [0.15, 0.2) is 36.5 Å². The first-order chi connectivity index (χ1) is 25.7. The normalized spacial score (nSPS) is 14.3. The molecule has 0 aliphatic heterocycles. The lowest BCUT2D eigenvalue weighted by Crippen LogP contribution is -2.29. The van der Waals surface area contributed by atoms with E-state index in [1.54, 1.807) is 0 Å². The number of phosphoric acid groups is 1. The third kappa shape index (κ3) is 38.3. The Morgan fingerprint density at radius 2 is 0.981 bits per heavy atom. The highest BCUT2D eigenvalue weighted by atomic mass is 31.2. The highest BCUT2D eigenvalue weighted by Gasteiger charge is 2.27. The SMILES string of the molecule is CCCCCC/C=C/C=C/CCCCCCCC(=O)OC[C@H](COP(=O)(O)OC[C@@H](O)CO)OC(=O)CCCC/C=C/CCCCCCCCCCC. The number of carbonyl (C=O) groups is 2. The maximum Gasteiger partial charge on any atom is 0.472 e. The largest absolute Gasteiger partial charge is 0.472 e. The second kappa shape index (κ2) is 38.5. The molecule has 3 atom stereocenters. The number of phosphoric ester groups is 1. The summed E-state index contributed by atoms with van der Waals surface area (Å²) in [6, 6.07) is 0. The maximum absolute atomic E-state index is 12.6. The Morgan fingerprint density at radius 1 is 0.566 bits per heavy atom. The van der Waals surface area contributed by atoms with Crippen LogP contribution in [0.2, 0.25) is 0 Å². The molecule has 0 aliphatic rings. The van der Waals surface area contributed by atoms with Gasteiger partial charge in [0.1, 0.15) is 12.7 Å². The summed E-state index contributed by atoms with van der Waals surface area (Å²) in [6.45, 7) is 2.31. The molecule has 0 fully saturated rings. The Balaban J connectivity index is 4.38. The fourth-order valence-electron chi connectivity index (χ4n) is 5.51. The molecule has 0 aromatic rings. The summed E-state index contributed by atoms with van der Waals surface area (Å²) in [5.74, 6) is -0.967. The molecular weight excluding hydrogens is 695 g/mol. The molecule has 0 bridgehead atoms. The number of rotatable bonds is 39. The van der Waals surface area contributed by atoms with Crippen LogP contribution in [0.5, 0.6) is 0 Å². The second-order valence-electron chi connectivity index (χ2n) is 14.0. The minimum Gasteiger partial charge on any atom is -0.462 e. The van der Waals surface area contributed by atoms with Crippen molar-refractivity contribution in [3.8, 4) is 0 Å². The van der Waals surface area contributed by atoms with Gasteiger partial charge in [0.05, 0.1) is 19.8 Å². The van der Waals surface area contributed by atoms with Crippen LogP contribution >= 0.6 is 7.82 Å². The molecule has 1 unspecified atom stereocenters. The fourth-order valence-corrected chi connectivity index (χ4v) is 6.30. The predicted molar refractivity (Wildman–Crippen MR) is 214 cm³/mol. The van der Waals surface area contributed by atoms with Crippen molar-refractivity contribution >= 4 is 19.8 Å². The Kier molecular flexibility index (Phi) is 37.2. The molecular formula is C42H77O10P. The molecule has 310 valence electrons. The lowest BCUT2D eigenvalue weighted by Gasteiger charge is -2.20. The number of aliphatic hydroxyl groups excluding tert-OH is 2. The van der Waals surface area contributed by atoms with Gasteiger partial charge in [0.2, 0.25) is 0 Å². The van der Waals surface area contributed by atoms with Crippen molar-refractivity contribution in [1.29, 1.82) is 0 Å². The Morgan fingerprint density at radius 3 is 1.53 bits per heavy atom. The van der Waals surface area contributed by atoms with Gasteiger partial charge >= 0.3 is 19.8 Å². The standard InChI is InChI=1S/C42H77O10P/c1-3-5-7-9-11-13-15-17-19-21-23-25-27-29-31-33-41(45)49-37-40(38-51-53(47,48)50-36-39(44)35-43)52-42(46)34-32-30-28-26-24-22-20-18-16-14-12-10-8-6-4-2/h13,15,17,19,24,26,39-40,43-44H,3-12,14,16,18,20-23,25,27-38H2,1-2H3,(H,47,48)/b15-13+,19-17+,26-24+/t39-,40+/m0/s1. The Hall–Kier alpha value is -1.81. The number of esters is 2. The zero-order valence-electron chi connectivity index (χ0n) is 33.5. The molecule has 0 rings (SSSR count). The summed E-state index contributed by atoms with van der Waals surface area (Å²) in [5.41, 5.74) is 0. The summed E-state index contributed by atoms with van der Waals surface area (Å²) in [5, 5.41) is 18.3. The fraction of sp³-hybridized carbons (Fsp3) is 0.810. The summed E-state index contributed by atoms with van der Waals surface area (Å²) in [7, 11) is -4.62. The van der Waals surface area contributed by atoms with Crippen LogP contribution in [-0.4, -0.2) is 65.7 Å². The van der Waals surface area contributed by atoms with Gasteiger partial charge in [-0.25, -0.2) is 4.57 Å². The van der Waals surface area contributed by atoms with Crippen molar-refractivity contribution in [2.24, 2.45) is 0 Å². The third-order valence-corrected chi connectivity index (χ3v) is 9.75. The number of carbonyl (C=O) groups excluding carboxylic acids is 2. The first kappa shape index (κ1) is 51.2. The molecule has 0 aromatic carbocycles. The minimum absolute atomic E-state index is 0.151. The molecule has 0 heterocycles. The average molecular weight is 773 g/mol. The van der Waals surface area contributed by atoms with Crippen LogP contribution in [0.4, 0.5) is 0 Å². The van der Waals surface area contributed by atoms with Crippen LogP contribution in [0.3, 0.4) is 0 Å². The molecule has 0 spiro atoms. The third-order valence-electron chi connectivity index (χ3n) is 8.79. The highest BCUT2D eigenvalue weighted by molar-refractivity contribution is 7.47. The zero-order chi connectivity index (χ0) is 39.1. The minimum atomic E-state index is -4.62. The van der Waals surface area contributed by atoms with Gasteiger partial charge < -0.3 is 24.6 Å². The highest BCUT2D eigenvalue weighted by Crippen LogP contribution is 2.43. The van der Waals surface area contributed by atoms with E-state index in [9.17, 15) is 24.2 Å². The van der Waals surface area contributed by atoms with E-state index in [0.29, 0.717) is 12.8 Å². The van der Waals surface area contributed by atoms with E-state index in [-0.39, 0.29) is 19.4 Å². The van der Waals surface area contributed by atoms with Gasteiger partial charge in [-0.1, -0.05) is 140 Å². The zero-order valence-corrected chi connectivity index (χ0v) is 34.4. The first-order valence-electron chi connectivity index (χ1n) is 21.0. The van der Waals surface area contributed by atoms with Gasteiger partial charge in [-0.05, 0) is 64.2 Å². The van der Waals surface area contributed by atoms with Crippen LogP contribution < -0.4 is 0 Å². The van der Waals surface area contributed by atoms with Gasteiger partial charge in [0.25, 0.3) is 0 Å². The van der Waals surface area contributed by atoms with E-state index in [4.69, 9.17) is 19.1 Å². The van der Waals surface area contributed by atoms with Crippen molar-refractivity contribution in [3.63, 3.8) is 0 Å². The smallest absolute Gasteiger partial charge is 0.462 e. The summed E-state index contributed by atoms with van der Waals surface area (Å²) in [6.07, 6.45) is 38.2. The average Bonchev–Trinajstić information content (AvgIpc) is 3.14. The summed E-state index contributed by atoms with van der Waals surface area (Å²) in [4.78, 5) is 34.9. The maximum atomic E-state index is 12.6. The van der Waals surface area contributed by atoms with E-state index in [1.807, 2.05) is 0 Å². The summed E-state index contributed by atoms with van der Waals surface area (Å²) < 4.78 is 32.6. The topological polar surface area (TPSA) is 149 Å². The predicted octanol–water partition coefficient (Wildman–Crippen LogP) is 10.8. The van der Waals surface area contributed by atoms with Crippen LogP contribution in [-0.2, 0) is 32.7 Å². The second-order valence-corrected chi connectivity index (χ2v) is 15.5. The van der Waals surface area contributed by atoms with Crippen LogP contribution in [0.25, 0.3) is 0 Å². The Bertz CT molecular complexity index is 983. The van der Waals surface area contributed by atoms with Gasteiger partial charge in [-0.15, -0.1) is 0 Å². The monoisotopic (exact) mass is 773 g/mol. The van der Waals surface area contributed by atoms with E-state index in [1.165, 1.54) is 83.5 Å². The molecule has 0 aromatic heterocycles. The quantitative estimate of drug-likeness (QED) is 0.0181. The molecule has 0 radical (unpaired) electrons. The van der Waals surface area contributed by atoms with Crippen molar-refractivity contribution in [2.45, 2.75) is 193 Å². The van der Waals surface area contributed by atoms with Crippen molar-refractivity contribution in [2.75, 3.05) is 26.4 Å². The van der Waals surface area contributed by atoms with E-state index in [2.05, 4.69) is 54.8 Å². The first-order valence-corrected chi connectivity index (χ1v) is 22.5. The van der Waals surface area contributed by atoms with Gasteiger partial charge in [-0.2, -0.15) is 0 Å². The molecule has 11 heteroatoms. The molecule has 0 saturated carbocycles. The number of allylic oxidation sites excluding steroid dienone is 6. The van der Waals surface area contributed by atoms with Crippen molar-refractivity contribution in [1.82, 2.24) is 0 Å². The van der Waals surface area contributed by atoms with Crippen molar-refractivity contribution < 1.29 is 47.8 Å². The van der Waals surface area contributed by atoms with Gasteiger partial charge in [-0.3, -0.25) is 18.6 Å². The molecule has 0 saturated heterocycles. The lowest BCUT2D eigenvalue weighted by molar-refractivity contribution is -0.161. The number of unbranched alkanes of at least 4 members (excludes halogenated alkanes) is 20. The summed E-state index contributed by atoms with van der Waals surface area (Å²) >= 11 is 0. The van der Waals surface area contributed by atoms with Gasteiger partial charge in [0, 0.05) is 12.8 Å². The van der Waals surface area contributed by atoms with Crippen molar-refractivity contribution in [3.05, 3.63) is 36.5 Å². The molecule has 3 N–H and O–H groups in total. The van der Waals surface area contributed by atoms with E-state index < -0.39 is 51.8 Å². The number of aliphatic hydroxyl groups is 2. The van der Waals surface area contributed by atoms with Crippen LogP contribution in [0, 0.1) is 0 Å². The molecule has 0 aliphatic carbocycles. The molecule has 10 nitrogen and oxygen atoms in total. The number of ether oxygens (including phenoxy) is 2. The van der Waals surface area contributed by atoms with E-state index in [0.717, 1.165) is 57.8 Å². The molecule has 53 heavy (non-hydrogen) atoms. The van der Waals surface area contributed by atoms with Gasteiger partial charge in [0.15, 0.2) is 6.10 Å². The van der Waals surface area contributed by atoms with E-state index >= 15 is 0 Å². The molecule has 0 amide bonds.